The molecule has 0 atom stereocenters. The van der Waals surface area contributed by atoms with E-state index < -0.39 is 0 Å². The number of hydrogen-bond acceptors (Lipinski definition) is 6. The van der Waals surface area contributed by atoms with Crippen molar-refractivity contribution in [3.05, 3.63) is 84.3 Å². The predicted octanol–water partition coefficient (Wildman–Crippen LogP) is 5.13. The SMILES string of the molecule is CC(=O)N(c1ccccc1)c1nc(C=CC(=O)Nc2ccc(-c3cnco3)cc2)cs1. The fourth-order valence-electron chi connectivity index (χ4n) is 2.88. The van der Waals surface area contributed by atoms with Crippen LogP contribution in [0.3, 0.4) is 0 Å². The largest absolute Gasteiger partial charge is 0.444 e. The van der Waals surface area contributed by atoms with Crippen molar-refractivity contribution < 1.29 is 14.0 Å². The Labute approximate surface area is 182 Å². The minimum atomic E-state index is -0.284. The summed E-state index contributed by atoms with van der Waals surface area (Å²) in [5.74, 6) is 0.239. The summed E-state index contributed by atoms with van der Waals surface area (Å²) in [6.07, 6.45) is 6.02. The van der Waals surface area contributed by atoms with E-state index in [9.17, 15) is 9.59 Å². The Morgan fingerprint density at radius 2 is 1.87 bits per heavy atom. The lowest BCUT2D eigenvalue weighted by molar-refractivity contribution is -0.116. The quantitative estimate of drug-likeness (QED) is 0.428. The number of amides is 2. The van der Waals surface area contributed by atoms with Crippen molar-refractivity contribution in [2.45, 2.75) is 6.92 Å². The molecule has 2 amide bonds. The third kappa shape index (κ3) is 4.93. The first-order chi connectivity index (χ1) is 15.1. The molecule has 4 rings (SSSR count). The number of carbonyl (C=O) groups excluding carboxylic acids is 2. The number of nitrogens with one attached hydrogen (secondary N) is 1. The zero-order valence-electron chi connectivity index (χ0n) is 16.6. The van der Waals surface area contributed by atoms with Crippen molar-refractivity contribution in [3.63, 3.8) is 0 Å². The number of aromatic nitrogens is 2. The van der Waals surface area contributed by atoms with Gasteiger partial charge < -0.3 is 9.73 Å². The molecular formula is C23H18N4O3S. The molecule has 0 saturated heterocycles. The van der Waals surface area contributed by atoms with E-state index in [1.165, 1.54) is 35.6 Å². The highest BCUT2D eigenvalue weighted by atomic mass is 32.1. The zero-order chi connectivity index (χ0) is 21.6. The van der Waals surface area contributed by atoms with E-state index in [4.69, 9.17) is 4.42 Å². The highest BCUT2D eigenvalue weighted by molar-refractivity contribution is 7.14. The van der Waals surface area contributed by atoms with Crippen LogP contribution in [0.5, 0.6) is 0 Å². The lowest BCUT2D eigenvalue weighted by atomic mass is 10.1. The van der Waals surface area contributed by atoms with Gasteiger partial charge in [-0.1, -0.05) is 18.2 Å². The third-order valence-electron chi connectivity index (χ3n) is 4.31. The summed E-state index contributed by atoms with van der Waals surface area (Å²) in [4.78, 5) is 34.3. The summed E-state index contributed by atoms with van der Waals surface area (Å²) in [7, 11) is 0. The van der Waals surface area contributed by atoms with Gasteiger partial charge in [-0.05, 0) is 42.5 Å². The number of oxazole rings is 1. The van der Waals surface area contributed by atoms with E-state index in [-0.39, 0.29) is 11.8 Å². The molecule has 0 aliphatic carbocycles. The number of anilines is 3. The summed E-state index contributed by atoms with van der Waals surface area (Å²) in [6.45, 7) is 1.49. The third-order valence-corrected chi connectivity index (χ3v) is 5.15. The molecule has 154 valence electrons. The summed E-state index contributed by atoms with van der Waals surface area (Å²) in [5.41, 5.74) is 2.86. The lowest BCUT2D eigenvalue weighted by Crippen LogP contribution is -2.22. The molecule has 0 aliphatic rings. The van der Waals surface area contributed by atoms with Crippen molar-refractivity contribution in [1.82, 2.24) is 9.97 Å². The molecule has 2 aromatic heterocycles. The van der Waals surface area contributed by atoms with Crippen molar-refractivity contribution in [1.29, 1.82) is 0 Å². The summed E-state index contributed by atoms with van der Waals surface area (Å²) >= 11 is 1.33. The molecule has 7 nitrogen and oxygen atoms in total. The molecule has 31 heavy (non-hydrogen) atoms. The Balaban J connectivity index is 1.41. The second-order valence-electron chi connectivity index (χ2n) is 6.51. The fourth-order valence-corrected chi connectivity index (χ4v) is 3.74. The van der Waals surface area contributed by atoms with E-state index in [1.54, 1.807) is 29.8 Å². The molecule has 0 bridgehead atoms. The van der Waals surface area contributed by atoms with Crippen LogP contribution in [0, 0.1) is 0 Å². The molecule has 2 heterocycles. The van der Waals surface area contributed by atoms with E-state index in [2.05, 4.69) is 15.3 Å². The number of benzene rings is 2. The molecule has 0 unspecified atom stereocenters. The van der Waals surface area contributed by atoms with Gasteiger partial charge in [0.1, 0.15) is 0 Å². The van der Waals surface area contributed by atoms with Crippen LogP contribution in [0.2, 0.25) is 0 Å². The number of hydrogen-bond donors (Lipinski definition) is 1. The average molecular weight is 430 g/mol. The van der Waals surface area contributed by atoms with Gasteiger partial charge in [0.15, 0.2) is 17.3 Å². The molecule has 8 heteroatoms. The summed E-state index contributed by atoms with van der Waals surface area (Å²) < 4.78 is 5.25. The molecule has 0 fully saturated rings. The number of rotatable bonds is 6. The highest BCUT2D eigenvalue weighted by Crippen LogP contribution is 2.29. The molecule has 0 radical (unpaired) electrons. The van der Waals surface area contributed by atoms with Crippen molar-refractivity contribution >= 4 is 45.7 Å². The molecule has 4 aromatic rings. The van der Waals surface area contributed by atoms with Crippen LogP contribution in [0.4, 0.5) is 16.5 Å². The minimum absolute atomic E-state index is 0.136. The van der Waals surface area contributed by atoms with Gasteiger partial charge in [0, 0.05) is 29.6 Å². The van der Waals surface area contributed by atoms with Crippen LogP contribution in [0.1, 0.15) is 12.6 Å². The lowest BCUT2D eigenvalue weighted by Gasteiger charge is -2.17. The van der Waals surface area contributed by atoms with Gasteiger partial charge in [0.05, 0.1) is 17.6 Å². The molecule has 1 N–H and O–H groups in total. The molecule has 2 aromatic carbocycles. The number of thiazole rings is 1. The number of nitrogens with zero attached hydrogens (tertiary/aromatic N) is 3. The maximum atomic E-state index is 12.3. The van der Waals surface area contributed by atoms with Crippen LogP contribution in [-0.4, -0.2) is 21.8 Å². The van der Waals surface area contributed by atoms with Gasteiger partial charge in [-0.25, -0.2) is 9.97 Å². The maximum absolute atomic E-state index is 12.3. The second kappa shape index (κ2) is 9.19. The Hall–Kier alpha value is -4.04. The molecular weight excluding hydrogens is 412 g/mol. The van der Waals surface area contributed by atoms with Crippen LogP contribution >= 0.6 is 11.3 Å². The van der Waals surface area contributed by atoms with E-state index in [0.717, 1.165) is 11.3 Å². The standard InChI is InChI=1S/C23H18N4O3S/c1-16(28)27(20-5-3-2-4-6-20)23-26-19(14-31-23)11-12-22(29)25-18-9-7-17(8-10-18)21-13-24-15-30-21/h2-15H,1H3,(H,25,29). The van der Waals surface area contributed by atoms with Crippen molar-refractivity contribution in [2.75, 3.05) is 10.2 Å². The van der Waals surface area contributed by atoms with Gasteiger partial charge in [-0.15, -0.1) is 11.3 Å². The van der Waals surface area contributed by atoms with Crippen LogP contribution < -0.4 is 10.2 Å². The van der Waals surface area contributed by atoms with E-state index in [1.807, 2.05) is 42.5 Å². The summed E-state index contributed by atoms with van der Waals surface area (Å²) in [6, 6.07) is 16.6. The number of para-hydroxylation sites is 1. The van der Waals surface area contributed by atoms with Crippen LogP contribution in [0.15, 0.2) is 83.1 Å². The normalized spacial score (nSPS) is 10.9. The maximum Gasteiger partial charge on any atom is 0.248 e. The predicted molar refractivity (Wildman–Crippen MR) is 121 cm³/mol. The Morgan fingerprint density at radius 1 is 1.10 bits per heavy atom. The minimum Gasteiger partial charge on any atom is -0.444 e. The van der Waals surface area contributed by atoms with Crippen molar-refractivity contribution in [3.8, 4) is 11.3 Å². The fraction of sp³-hybridized carbons (Fsp3) is 0.0435. The topological polar surface area (TPSA) is 88.3 Å². The van der Waals surface area contributed by atoms with E-state index in [0.29, 0.717) is 22.3 Å². The average Bonchev–Trinajstić information content (AvgIpc) is 3.46. The summed E-state index contributed by atoms with van der Waals surface area (Å²) in [5, 5.41) is 5.14. The van der Waals surface area contributed by atoms with Gasteiger partial charge in [0.2, 0.25) is 11.8 Å². The van der Waals surface area contributed by atoms with Crippen LogP contribution in [0.25, 0.3) is 17.4 Å². The Morgan fingerprint density at radius 3 is 2.55 bits per heavy atom. The first-order valence-electron chi connectivity index (χ1n) is 9.39. The first-order valence-corrected chi connectivity index (χ1v) is 10.3. The Bertz CT molecular complexity index is 1200. The van der Waals surface area contributed by atoms with Crippen molar-refractivity contribution in [2.24, 2.45) is 0 Å². The second-order valence-corrected chi connectivity index (χ2v) is 7.35. The smallest absolute Gasteiger partial charge is 0.248 e. The first kappa shape index (κ1) is 20.2. The monoisotopic (exact) mass is 430 g/mol. The van der Waals surface area contributed by atoms with Gasteiger partial charge in [0.25, 0.3) is 0 Å². The highest BCUT2D eigenvalue weighted by Gasteiger charge is 2.17. The van der Waals surface area contributed by atoms with Crippen LogP contribution in [-0.2, 0) is 9.59 Å². The van der Waals surface area contributed by atoms with Gasteiger partial charge in [-0.2, -0.15) is 0 Å². The zero-order valence-corrected chi connectivity index (χ0v) is 17.4. The number of carbonyl (C=O) groups is 2. The molecule has 0 spiro atoms. The van der Waals surface area contributed by atoms with Gasteiger partial charge in [-0.3, -0.25) is 14.5 Å². The molecule has 0 saturated carbocycles. The van der Waals surface area contributed by atoms with E-state index >= 15 is 0 Å². The molecule has 0 aliphatic heterocycles. The Kier molecular flexibility index (Phi) is 6.00. The van der Waals surface area contributed by atoms with Gasteiger partial charge >= 0.3 is 0 Å².